The van der Waals surface area contributed by atoms with E-state index in [1.807, 2.05) is 13.0 Å². The van der Waals surface area contributed by atoms with Crippen LogP contribution < -0.4 is 5.32 Å². The Morgan fingerprint density at radius 1 is 1.50 bits per heavy atom. The summed E-state index contributed by atoms with van der Waals surface area (Å²) in [6, 6.07) is 4.08. The lowest BCUT2D eigenvalue weighted by atomic mass is 10.3. The Bertz CT molecular complexity index is 445. The van der Waals surface area contributed by atoms with Crippen molar-refractivity contribution < 1.29 is 4.52 Å². The fraction of sp³-hybridized carbons (Fsp3) is 0.417. The molecule has 0 aromatic carbocycles. The van der Waals surface area contributed by atoms with Crippen LogP contribution in [0.2, 0.25) is 0 Å². The van der Waals surface area contributed by atoms with Gasteiger partial charge in [0.2, 0.25) is 0 Å². The summed E-state index contributed by atoms with van der Waals surface area (Å²) < 4.78 is 7.28. The Balaban J connectivity index is 1.97. The smallest absolute Gasteiger partial charge is 0.156 e. The maximum absolute atomic E-state index is 5.17. The van der Waals surface area contributed by atoms with Gasteiger partial charge in [0.1, 0.15) is 0 Å². The van der Waals surface area contributed by atoms with Crippen LogP contribution in [0.1, 0.15) is 23.9 Å². The lowest BCUT2D eigenvalue weighted by Crippen LogP contribution is -2.11. The van der Waals surface area contributed by atoms with E-state index in [2.05, 4.69) is 40.4 Å². The van der Waals surface area contributed by atoms with Crippen LogP contribution in [-0.4, -0.2) is 16.3 Å². The zero-order chi connectivity index (χ0) is 11.4. The van der Waals surface area contributed by atoms with Gasteiger partial charge in [-0.3, -0.25) is 0 Å². The Hall–Kier alpha value is -1.55. The molecule has 0 aliphatic heterocycles. The van der Waals surface area contributed by atoms with E-state index >= 15 is 0 Å². The van der Waals surface area contributed by atoms with Gasteiger partial charge in [-0.1, -0.05) is 12.1 Å². The molecular formula is C12H17N3O. The Kier molecular flexibility index (Phi) is 3.41. The Labute approximate surface area is 95.2 Å². The number of aromatic nitrogens is 2. The van der Waals surface area contributed by atoms with Gasteiger partial charge < -0.3 is 14.4 Å². The fourth-order valence-corrected chi connectivity index (χ4v) is 1.63. The van der Waals surface area contributed by atoms with E-state index in [1.54, 1.807) is 0 Å². The van der Waals surface area contributed by atoms with Crippen LogP contribution >= 0.6 is 0 Å². The molecule has 2 rings (SSSR count). The van der Waals surface area contributed by atoms with E-state index in [0.29, 0.717) is 0 Å². The maximum atomic E-state index is 5.17. The van der Waals surface area contributed by atoms with Gasteiger partial charge >= 0.3 is 0 Å². The van der Waals surface area contributed by atoms with E-state index in [-0.39, 0.29) is 0 Å². The van der Waals surface area contributed by atoms with Crippen LogP contribution in [-0.2, 0) is 13.1 Å². The zero-order valence-electron chi connectivity index (χ0n) is 9.73. The lowest BCUT2D eigenvalue weighted by Gasteiger charge is -1.99. The minimum atomic E-state index is 0.743. The van der Waals surface area contributed by atoms with Gasteiger partial charge in [0.15, 0.2) is 5.76 Å². The van der Waals surface area contributed by atoms with Crippen molar-refractivity contribution in [2.75, 3.05) is 6.54 Å². The van der Waals surface area contributed by atoms with Gasteiger partial charge in [-0.05, 0) is 25.1 Å². The summed E-state index contributed by atoms with van der Waals surface area (Å²) in [4.78, 5) is 0. The molecule has 0 spiro atoms. The molecule has 0 saturated carbocycles. The van der Waals surface area contributed by atoms with E-state index in [0.717, 1.165) is 31.1 Å². The normalized spacial score (nSPS) is 10.9. The molecule has 0 fully saturated rings. The number of hydrogen-bond donors (Lipinski definition) is 1. The second kappa shape index (κ2) is 4.99. The van der Waals surface area contributed by atoms with Crippen LogP contribution in [0.15, 0.2) is 29.0 Å². The minimum absolute atomic E-state index is 0.743. The van der Waals surface area contributed by atoms with Crippen molar-refractivity contribution >= 4 is 0 Å². The topological polar surface area (TPSA) is 43.0 Å². The Morgan fingerprint density at radius 3 is 3.06 bits per heavy atom. The zero-order valence-corrected chi connectivity index (χ0v) is 9.73. The van der Waals surface area contributed by atoms with Gasteiger partial charge in [-0.2, -0.15) is 0 Å². The quantitative estimate of drug-likeness (QED) is 0.835. The molecule has 1 N–H and O–H groups in total. The van der Waals surface area contributed by atoms with E-state index in [4.69, 9.17) is 4.52 Å². The molecule has 0 bridgehead atoms. The molecule has 16 heavy (non-hydrogen) atoms. The summed E-state index contributed by atoms with van der Waals surface area (Å²) in [6.07, 6.45) is 4.19. The van der Waals surface area contributed by atoms with Crippen molar-refractivity contribution in [2.45, 2.75) is 26.9 Å². The number of rotatable bonds is 5. The van der Waals surface area contributed by atoms with Gasteiger partial charge in [-0.15, -0.1) is 0 Å². The van der Waals surface area contributed by atoms with Crippen molar-refractivity contribution in [3.63, 3.8) is 0 Å². The molecule has 2 aromatic heterocycles. The summed E-state index contributed by atoms with van der Waals surface area (Å²) >= 11 is 0. The monoisotopic (exact) mass is 219 g/mol. The molecular weight excluding hydrogens is 202 g/mol. The molecule has 86 valence electrons. The third kappa shape index (κ3) is 2.73. The number of nitrogens with one attached hydrogen (secondary N) is 1. The molecule has 0 atom stereocenters. The van der Waals surface area contributed by atoms with Crippen molar-refractivity contribution in [1.29, 1.82) is 0 Å². The van der Waals surface area contributed by atoms with Crippen LogP contribution in [0.4, 0.5) is 0 Å². The van der Waals surface area contributed by atoms with Crippen LogP contribution in [0.5, 0.6) is 0 Å². The summed E-state index contributed by atoms with van der Waals surface area (Å²) in [5.41, 5.74) is 2.22. The van der Waals surface area contributed by atoms with Gasteiger partial charge in [0, 0.05) is 25.0 Å². The average Bonchev–Trinajstić information content (AvgIpc) is 2.86. The number of nitrogens with zero attached hydrogens (tertiary/aromatic N) is 2. The van der Waals surface area contributed by atoms with E-state index in [9.17, 15) is 0 Å². The maximum Gasteiger partial charge on any atom is 0.156 e. The largest absolute Gasteiger partial charge is 0.359 e. The van der Waals surface area contributed by atoms with Crippen molar-refractivity contribution in [2.24, 2.45) is 0 Å². The van der Waals surface area contributed by atoms with E-state index in [1.165, 1.54) is 5.56 Å². The molecule has 4 heteroatoms. The third-order valence-electron chi connectivity index (χ3n) is 2.41. The molecule has 0 unspecified atom stereocenters. The second-order valence-electron chi connectivity index (χ2n) is 3.91. The minimum Gasteiger partial charge on any atom is -0.359 e. The molecule has 0 aliphatic carbocycles. The van der Waals surface area contributed by atoms with E-state index < -0.39 is 0 Å². The summed E-state index contributed by atoms with van der Waals surface area (Å²) in [5, 5.41) is 7.17. The first-order valence-electron chi connectivity index (χ1n) is 5.55. The highest BCUT2D eigenvalue weighted by molar-refractivity contribution is 5.12. The molecule has 0 amide bonds. The summed E-state index contributed by atoms with van der Waals surface area (Å²) in [6.45, 7) is 6.69. The molecule has 0 radical (unpaired) electrons. The van der Waals surface area contributed by atoms with Gasteiger partial charge in [0.05, 0.1) is 12.2 Å². The van der Waals surface area contributed by atoms with Gasteiger partial charge in [-0.25, -0.2) is 0 Å². The standard InChI is InChI=1S/C12H17N3O/c1-3-13-7-11-4-5-15(8-11)9-12-6-10(2)14-16-12/h4-6,8,13H,3,7,9H2,1-2H3. The fourth-order valence-electron chi connectivity index (χ4n) is 1.63. The number of hydrogen-bond acceptors (Lipinski definition) is 3. The summed E-state index contributed by atoms with van der Waals surface area (Å²) in [5.74, 6) is 0.892. The molecule has 0 saturated heterocycles. The number of aryl methyl sites for hydroxylation is 1. The first kappa shape index (κ1) is 11.0. The van der Waals surface area contributed by atoms with Crippen molar-refractivity contribution in [1.82, 2.24) is 15.0 Å². The van der Waals surface area contributed by atoms with Crippen LogP contribution in [0.3, 0.4) is 0 Å². The predicted molar refractivity (Wildman–Crippen MR) is 62.2 cm³/mol. The first-order valence-corrected chi connectivity index (χ1v) is 5.55. The molecule has 2 heterocycles. The summed E-state index contributed by atoms with van der Waals surface area (Å²) in [7, 11) is 0. The third-order valence-corrected chi connectivity index (χ3v) is 2.41. The highest BCUT2D eigenvalue weighted by Gasteiger charge is 2.02. The second-order valence-corrected chi connectivity index (χ2v) is 3.91. The molecule has 4 nitrogen and oxygen atoms in total. The highest BCUT2D eigenvalue weighted by atomic mass is 16.5. The van der Waals surface area contributed by atoms with Gasteiger partial charge in [0.25, 0.3) is 0 Å². The van der Waals surface area contributed by atoms with Crippen LogP contribution in [0, 0.1) is 6.92 Å². The average molecular weight is 219 g/mol. The SMILES string of the molecule is CCNCc1ccn(Cc2cc(C)no2)c1. The van der Waals surface area contributed by atoms with Crippen LogP contribution in [0.25, 0.3) is 0 Å². The predicted octanol–water partition coefficient (Wildman–Crippen LogP) is 1.94. The first-order chi connectivity index (χ1) is 7.78. The Morgan fingerprint density at radius 2 is 2.38 bits per heavy atom. The molecule has 2 aromatic rings. The highest BCUT2D eigenvalue weighted by Crippen LogP contribution is 2.07. The van der Waals surface area contributed by atoms with Crippen molar-refractivity contribution in [3.05, 3.63) is 41.5 Å². The lowest BCUT2D eigenvalue weighted by molar-refractivity contribution is 0.373. The van der Waals surface area contributed by atoms with Crippen molar-refractivity contribution in [3.8, 4) is 0 Å². The molecule has 0 aliphatic rings.